The molecule has 0 aromatic heterocycles. The number of carbonyl (C=O) groups excluding carboxylic acids is 2. The highest BCUT2D eigenvalue weighted by Gasteiger charge is 2.30. The molecule has 5 heteroatoms. The number of benzene rings is 2. The number of hydrogen-bond acceptors (Lipinski definition) is 3. The van der Waals surface area contributed by atoms with Crippen molar-refractivity contribution in [1.29, 1.82) is 0 Å². The molecule has 0 spiro atoms. The van der Waals surface area contributed by atoms with Gasteiger partial charge < -0.3 is 15.0 Å². The number of aryl methyl sites for hydroxylation is 1. The minimum absolute atomic E-state index is 0.0262. The summed E-state index contributed by atoms with van der Waals surface area (Å²) in [4.78, 5) is 28.3. The fraction of sp³-hybridized carbons (Fsp3) is 0.500. The Hall–Kier alpha value is -2.82. The Morgan fingerprint density at radius 2 is 1.70 bits per heavy atom. The van der Waals surface area contributed by atoms with Crippen LogP contribution in [0.2, 0.25) is 0 Å². The minimum Gasteiger partial charge on any atom is -0.497 e. The van der Waals surface area contributed by atoms with Crippen LogP contribution in [0.1, 0.15) is 77.0 Å². The number of ether oxygens (including phenoxy) is 1. The Bertz CT molecular complexity index is 913. The van der Waals surface area contributed by atoms with Crippen LogP contribution in [0, 0.1) is 0 Å². The Balaban J connectivity index is 2.23. The Morgan fingerprint density at radius 1 is 1.03 bits per heavy atom. The second-order valence-corrected chi connectivity index (χ2v) is 9.93. The molecule has 0 unspecified atom stereocenters. The lowest BCUT2D eigenvalue weighted by molar-refractivity contribution is -0.142. The lowest BCUT2D eigenvalue weighted by atomic mass is 10.00. The molecule has 1 N–H and O–H groups in total. The maximum atomic E-state index is 13.4. The van der Waals surface area contributed by atoms with Crippen LogP contribution in [0.25, 0.3) is 0 Å². The first-order valence-corrected chi connectivity index (χ1v) is 11.9. The van der Waals surface area contributed by atoms with E-state index >= 15 is 0 Å². The summed E-state index contributed by atoms with van der Waals surface area (Å²) in [6, 6.07) is 15.6. The second-order valence-electron chi connectivity index (χ2n) is 9.93. The van der Waals surface area contributed by atoms with Crippen LogP contribution < -0.4 is 10.1 Å². The summed E-state index contributed by atoms with van der Waals surface area (Å²) in [5, 5.41) is 3.05. The Kier molecular flexibility index (Phi) is 9.51. The number of nitrogens with one attached hydrogen (secondary N) is 1. The summed E-state index contributed by atoms with van der Waals surface area (Å²) < 4.78 is 5.35. The normalized spacial score (nSPS) is 12.4. The molecule has 2 amide bonds. The van der Waals surface area contributed by atoms with E-state index in [1.165, 1.54) is 5.56 Å². The highest BCUT2D eigenvalue weighted by atomic mass is 16.5. The van der Waals surface area contributed by atoms with E-state index in [1.807, 2.05) is 52.0 Å². The van der Waals surface area contributed by atoms with E-state index < -0.39 is 6.04 Å². The maximum Gasteiger partial charge on any atom is 0.243 e. The number of rotatable bonds is 10. The van der Waals surface area contributed by atoms with Gasteiger partial charge in [0.05, 0.1) is 7.11 Å². The Labute approximate surface area is 199 Å². The number of hydrogen-bond donors (Lipinski definition) is 1. The van der Waals surface area contributed by atoms with Crippen LogP contribution in [0.4, 0.5) is 0 Å². The lowest BCUT2D eigenvalue weighted by Gasteiger charge is -2.33. The fourth-order valence-corrected chi connectivity index (χ4v) is 3.80. The summed E-state index contributed by atoms with van der Waals surface area (Å²) >= 11 is 0. The van der Waals surface area contributed by atoms with Gasteiger partial charge in [-0.15, -0.1) is 0 Å². The van der Waals surface area contributed by atoms with E-state index in [1.54, 1.807) is 12.0 Å². The van der Waals surface area contributed by atoms with Gasteiger partial charge in [-0.1, -0.05) is 57.2 Å². The monoisotopic (exact) mass is 452 g/mol. The van der Waals surface area contributed by atoms with Crippen molar-refractivity contribution in [2.45, 2.75) is 84.8 Å². The van der Waals surface area contributed by atoms with Crippen LogP contribution in [-0.2, 0) is 22.6 Å². The van der Waals surface area contributed by atoms with Crippen LogP contribution in [0.3, 0.4) is 0 Å². The molecule has 0 aliphatic heterocycles. The van der Waals surface area contributed by atoms with Crippen molar-refractivity contribution >= 4 is 11.8 Å². The van der Waals surface area contributed by atoms with Gasteiger partial charge in [0.15, 0.2) is 0 Å². The van der Waals surface area contributed by atoms with Gasteiger partial charge >= 0.3 is 0 Å². The summed E-state index contributed by atoms with van der Waals surface area (Å²) in [7, 11) is 1.62. The summed E-state index contributed by atoms with van der Waals surface area (Å²) in [5.41, 5.74) is 2.98. The zero-order valence-corrected chi connectivity index (χ0v) is 21.3. The zero-order valence-electron chi connectivity index (χ0n) is 21.3. The first-order valence-electron chi connectivity index (χ1n) is 11.9. The van der Waals surface area contributed by atoms with Gasteiger partial charge in [-0.2, -0.15) is 0 Å². The van der Waals surface area contributed by atoms with Crippen molar-refractivity contribution in [2.75, 3.05) is 7.11 Å². The molecular formula is C28H40N2O3. The number of nitrogens with zero attached hydrogens (tertiary/aromatic N) is 1. The summed E-state index contributed by atoms with van der Waals surface area (Å²) in [6.07, 6.45) is 1.54. The third kappa shape index (κ3) is 8.23. The largest absolute Gasteiger partial charge is 0.497 e. The zero-order chi connectivity index (χ0) is 24.6. The molecule has 0 bridgehead atoms. The summed E-state index contributed by atoms with van der Waals surface area (Å²) in [5.74, 6) is 1.06. The van der Waals surface area contributed by atoms with E-state index in [4.69, 9.17) is 4.74 Å². The van der Waals surface area contributed by atoms with Gasteiger partial charge in [-0.25, -0.2) is 0 Å². The molecule has 180 valence electrons. The fourth-order valence-electron chi connectivity index (χ4n) is 3.80. The van der Waals surface area contributed by atoms with E-state index in [9.17, 15) is 9.59 Å². The second kappa shape index (κ2) is 11.9. The molecule has 0 heterocycles. The first kappa shape index (κ1) is 26.4. The van der Waals surface area contributed by atoms with Crippen LogP contribution >= 0.6 is 0 Å². The molecule has 0 fully saturated rings. The van der Waals surface area contributed by atoms with E-state index in [0.29, 0.717) is 31.7 Å². The third-order valence-corrected chi connectivity index (χ3v) is 5.65. The highest BCUT2D eigenvalue weighted by Crippen LogP contribution is 2.20. The van der Waals surface area contributed by atoms with Crippen LogP contribution in [0.15, 0.2) is 48.5 Å². The lowest BCUT2D eigenvalue weighted by Crippen LogP contribution is -2.53. The van der Waals surface area contributed by atoms with Crippen molar-refractivity contribution in [3.8, 4) is 5.75 Å². The van der Waals surface area contributed by atoms with Gasteiger partial charge in [0, 0.05) is 18.5 Å². The number of carbonyl (C=O) groups is 2. The van der Waals surface area contributed by atoms with Gasteiger partial charge in [0.1, 0.15) is 11.8 Å². The van der Waals surface area contributed by atoms with E-state index in [0.717, 1.165) is 16.9 Å². The Morgan fingerprint density at radius 3 is 2.24 bits per heavy atom. The topological polar surface area (TPSA) is 58.6 Å². The van der Waals surface area contributed by atoms with Crippen molar-refractivity contribution in [1.82, 2.24) is 10.2 Å². The smallest absolute Gasteiger partial charge is 0.243 e. The van der Waals surface area contributed by atoms with E-state index in [-0.39, 0.29) is 17.4 Å². The molecule has 5 nitrogen and oxygen atoms in total. The van der Waals surface area contributed by atoms with Crippen molar-refractivity contribution in [3.05, 3.63) is 65.2 Å². The molecule has 1 atom stereocenters. The standard InChI is InChI=1S/C28H40N2O3/c1-8-25(27(32)29-28(4,5)6)30(19-22-10-9-11-24(18-22)33-7)26(31)17-14-21-12-15-23(16-13-21)20(2)3/h9-13,15-16,18,20,25H,8,14,17,19H2,1-7H3,(H,29,32)/t25-/m0/s1. The number of methoxy groups -OCH3 is 1. The molecule has 2 aromatic carbocycles. The quantitative estimate of drug-likeness (QED) is 0.520. The highest BCUT2D eigenvalue weighted by molar-refractivity contribution is 5.88. The number of amides is 2. The minimum atomic E-state index is -0.536. The van der Waals surface area contributed by atoms with Crippen LogP contribution in [-0.4, -0.2) is 35.4 Å². The van der Waals surface area contributed by atoms with Gasteiger partial charge in [0.25, 0.3) is 0 Å². The molecule has 0 radical (unpaired) electrons. The molecular weight excluding hydrogens is 412 g/mol. The first-order chi connectivity index (χ1) is 15.5. The maximum absolute atomic E-state index is 13.4. The molecule has 0 aliphatic rings. The summed E-state index contributed by atoms with van der Waals surface area (Å²) in [6.45, 7) is 12.5. The van der Waals surface area contributed by atoms with Crippen molar-refractivity contribution < 1.29 is 14.3 Å². The van der Waals surface area contributed by atoms with E-state index in [2.05, 4.69) is 43.4 Å². The van der Waals surface area contributed by atoms with Gasteiger partial charge in [0.2, 0.25) is 11.8 Å². The SMILES string of the molecule is CC[C@@H](C(=O)NC(C)(C)C)N(Cc1cccc(OC)c1)C(=O)CCc1ccc(C(C)C)cc1. The molecule has 2 aromatic rings. The molecule has 0 aliphatic carbocycles. The van der Waals surface area contributed by atoms with Crippen molar-refractivity contribution in [3.63, 3.8) is 0 Å². The van der Waals surface area contributed by atoms with Gasteiger partial charge in [-0.3, -0.25) is 9.59 Å². The molecule has 2 rings (SSSR count). The predicted octanol–water partition coefficient (Wildman–Crippen LogP) is 5.47. The predicted molar refractivity (Wildman–Crippen MR) is 134 cm³/mol. The molecule has 33 heavy (non-hydrogen) atoms. The third-order valence-electron chi connectivity index (χ3n) is 5.65. The average Bonchev–Trinajstić information content (AvgIpc) is 2.76. The molecule has 0 saturated carbocycles. The van der Waals surface area contributed by atoms with Gasteiger partial charge in [-0.05, 0) is 68.4 Å². The van der Waals surface area contributed by atoms with Crippen molar-refractivity contribution in [2.24, 2.45) is 0 Å². The van der Waals surface area contributed by atoms with Crippen LogP contribution in [0.5, 0.6) is 5.75 Å². The average molecular weight is 453 g/mol. The molecule has 0 saturated heterocycles.